The van der Waals surface area contributed by atoms with Crippen molar-refractivity contribution in [1.29, 1.82) is 0 Å². The molecule has 0 amide bonds. The van der Waals surface area contributed by atoms with Gasteiger partial charge in [0.2, 0.25) is 15.7 Å². The van der Waals surface area contributed by atoms with Crippen molar-refractivity contribution in [3.05, 3.63) is 95.8 Å². The average Bonchev–Trinajstić information content (AvgIpc) is 3.46. The number of sulfonamides is 1. The molecule has 0 atom stereocenters. The predicted octanol–water partition coefficient (Wildman–Crippen LogP) is 5.88. The summed E-state index contributed by atoms with van der Waals surface area (Å²) in [5, 5.41) is 21.6. The predicted molar refractivity (Wildman–Crippen MR) is 221 cm³/mol. The van der Waals surface area contributed by atoms with E-state index in [9.17, 15) is 44.3 Å². The number of likely N-dealkylation sites (N-methyl/N-ethyl adjacent to an activating group) is 1. The van der Waals surface area contributed by atoms with Crippen molar-refractivity contribution in [2.45, 2.75) is 74.0 Å². The summed E-state index contributed by atoms with van der Waals surface area (Å²) in [5.74, 6) is -2.03. The lowest BCUT2D eigenvalue weighted by atomic mass is 9.81. The molecule has 4 N–H and O–H groups in total. The zero-order chi connectivity index (χ0) is 43.1. The maximum absolute atomic E-state index is 13.3. The number of fused-ring (bicyclic) bond motifs is 2. The highest BCUT2D eigenvalue weighted by atomic mass is 32.2. The quantitative estimate of drug-likeness (QED) is 0.0218. The van der Waals surface area contributed by atoms with Crippen LogP contribution in [0.25, 0.3) is 0 Å². The standard InChI is InChI=1S/C38H49N3O13S4/c1-37(2)30-25-28(55-54-53-44)17-19-32(30)40(21-11-13-23-56(45,46)47)34(37)15-9-7-6-8-10-16-35-38(3,4)31-26-29(58(51,52)39(5)27-36(42)43)18-20-33(31)41(35)22-12-14-24-57(48,49)50/h6-10,15-20,25-26H,11-14,21-24,27H2,1-5H3,(H3-,42,43,44,45,46,47,48,49,50)/p+1. The van der Waals surface area contributed by atoms with E-state index in [0.29, 0.717) is 36.4 Å². The van der Waals surface area contributed by atoms with Gasteiger partial charge in [-0.2, -0.15) is 25.7 Å². The number of benzene rings is 2. The smallest absolute Gasteiger partial charge is 0.318 e. The summed E-state index contributed by atoms with van der Waals surface area (Å²) in [6.07, 6.45) is 14.4. The number of aliphatic carboxylic acids is 1. The number of carbonyl (C=O) groups is 1. The fourth-order valence-corrected chi connectivity index (χ4v) is 9.79. The zero-order valence-corrected chi connectivity index (χ0v) is 36.1. The first-order valence-corrected chi connectivity index (χ1v) is 23.6. The van der Waals surface area contributed by atoms with Crippen LogP contribution in [-0.2, 0) is 55.3 Å². The molecule has 58 heavy (non-hydrogen) atoms. The molecule has 2 aliphatic rings. The summed E-state index contributed by atoms with van der Waals surface area (Å²) in [7, 11) is -11.2. The van der Waals surface area contributed by atoms with Crippen LogP contribution in [0.2, 0.25) is 0 Å². The highest BCUT2D eigenvalue weighted by molar-refractivity contribution is 7.94. The number of rotatable bonds is 21. The SMILES string of the molecule is CN(CC(=O)O)S(=O)(=O)c1ccc2c(c1)C(C)(C)\C(=C/C=C/C=C/C=C/C1=[N+](CCCCS(=O)(=O)O)c3ccc(SOOO)cc3C1(C)C)N2CCCCS(=O)(=O)O. The number of nitrogens with zero attached hydrogens (tertiary/aromatic N) is 3. The molecule has 318 valence electrons. The van der Waals surface area contributed by atoms with E-state index in [4.69, 9.17) is 5.26 Å². The van der Waals surface area contributed by atoms with Gasteiger partial charge in [0.25, 0.3) is 20.2 Å². The number of anilines is 1. The number of carboxylic acid groups (broad SMARTS) is 1. The molecule has 2 heterocycles. The third-order valence-electron chi connectivity index (χ3n) is 9.97. The molecule has 2 aromatic carbocycles. The minimum absolute atomic E-state index is 0.0615. The topological polar surface area (TPSA) is 228 Å². The summed E-state index contributed by atoms with van der Waals surface area (Å²) in [4.78, 5) is 13.9. The van der Waals surface area contributed by atoms with Gasteiger partial charge in [-0.05, 0) is 75.1 Å². The summed E-state index contributed by atoms with van der Waals surface area (Å²) in [6, 6.07) is 10.3. The number of hydrogen-bond donors (Lipinski definition) is 4. The van der Waals surface area contributed by atoms with Gasteiger partial charge in [-0.25, -0.2) is 13.7 Å². The van der Waals surface area contributed by atoms with Crippen molar-refractivity contribution in [1.82, 2.24) is 4.31 Å². The first-order valence-electron chi connectivity index (χ1n) is 18.2. The van der Waals surface area contributed by atoms with Crippen LogP contribution in [0.1, 0.15) is 64.5 Å². The molecule has 2 aliphatic heterocycles. The fraction of sp³-hybridized carbons (Fsp3) is 0.421. The molecule has 20 heteroatoms. The van der Waals surface area contributed by atoms with E-state index in [1.807, 2.05) is 79.5 Å². The van der Waals surface area contributed by atoms with E-state index < -0.39 is 59.4 Å². The second-order valence-electron chi connectivity index (χ2n) is 14.8. The number of allylic oxidation sites excluding steroid dienone is 8. The monoisotopic (exact) mass is 884 g/mol. The highest BCUT2D eigenvalue weighted by Gasteiger charge is 2.44. The molecule has 0 spiro atoms. The number of unbranched alkanes of at least 4 members (excludes halogenated alkanes) is 2. The van der Waals surface area contributed by atoms with E-state index in [1.165, 1.54) is 13.1 Å². The number of carboxylic acids is 1. The second-order valence-corrected chi connectivity index (χ2v) is 20.8. The fourth-order valence-electron chi connectivity index (χ4n) is 7.11. The molecular weight excluding hydrogens is 835 g/mol. The van der Waals surface area contributed by atoms with Crippen molar-refractivity contribution < 1.29 is 63.5 Å². The van der Waals surface area contributed by atoms with Gasteiger partial charge in [0, 0.05) is 59.4 Å². The van der Waals surface area contributed by atoms with Crippen LogP contribution in [0.3, 0.4) is 0 Å². The second kappa shape index (κ2) is 19.1. The maximum atomic E-state index is 13.3. The Morgan fingerprint density at radius 1 is 0.845 bits per heavy atom. The summed E-state index contributed by atoms with van der Waals surface area (Å²) >= 11 is 0.844. The van der Waals surface area contributed by atoms with Gasteiger partial charge in [0.1, 0.15) is 13.1 Å². The average molecular weight is 885 g/mol. The minimum atomic E-state index is -4.15. The minimum Gasteiger partial charge on any atom is -0.480 e. The van der Waals surface area contributed by atoms with E-state index in [2.05, 4.69) is 27.8 Å². The molecule has 0 saturated heterocycles. The van der Waals surface area contributed by atoms with Gasteiger partial charge >= 0.3 is 5.97 Å². The summed E-state index contributed by atoms with van der Waals surface area (Å²) < 4.78 is 97.8. The van der Waals surface area contributed by atoms with E-state index in [1.54, 1.807) is 12.1 Å². The molecule has 0 fully saturated rings. The van der Waals surface area contributed by atoms with Crippen LogP contribution in [-0.4, -0.2) is 103 Å². The lowest BCUT2D eigenvalue weighted by molar-refractivity contribution is -0.438. The summed E-state index contributed by atoms with van der Waals surface area (Å²) in [6.45, 7) is 8.13. The number of hydrogen-bond acceptors (Lipinski definition) is 12. The van der Waals surface area contributed by atoms with Crippen molar-refractivity contribution in [2.24, 2.45) is 0 Å². The van der Waals surface area contributed by atoms with Crippen LogP contribution < -0.4 is 4.90 Å². The Bertz CT molecular complexity index is 2350. The lowest BCUT2D eigenvalue weighted by Crippen LogP contribution is -2.32. The zero-order valence-electron chi connectivity index (χ0n) is 32.8. The van der Waals surface area contributed by atoms with Crippen molar-refractivity contribution in [2.75, 3.05) is 43.1 Å². The van der Waals surface area contributed by atoms with Crippen molar-refractivity contribution in [3.63, 3.8) is 0 Å². The molecule has 0 aliphatic carbocycles. The van der Waals surface area contributed by atoms with Gasteiger partial charge in [-0.1, -0.05) is 49.3 Å². The Labute approximate surface area is 344 Å². The van der Waals surface area contributed by atoms with Crippen LogP contribution in [0.15, 0.2) is 94.4 Å². The lowest BCUT2D eigenvalue weighted by Gasteiger charge is -2.27. The van der Waals surface area contributed by atoms with Gasteiger partial charge in [0.05, 0.1) is 33.9 Å². The molecule has 2 aromatic rings. The van der Waals surface area contributed by atoms with Crippen molar-refractivity contribution in [3.8, 4) is 0 Å². The van der Waals surface area contributed by atoms with E-state index >= 15 is 0 Å². The van der Waals surface area contributed by atoms with Crippen molar-refractivity contribution >= 4 is 65.4 Å². The Morgan fingerprint density at radius 2 is 1.48 bits per heavy atom. The molecule has 4 rings (SSSR count). The molecule has 16 nitrogen and oxygen atoms in total. The van der Waals surface area contributed by atoms with Crippen LogP contribution >= 0.6 is 12.0 Å². The molecule has 0 radical (unpaired) electrons. The Kier molecular flexibility index (Phi) is 15.5. The molecule has 0 unspecified atom stereocenters. The largest absolute Gasteiger partial charge is 0.480 e. The van der Waals surface area contributed by atoms with Gasteiger partial charge in [-0.15, -0.1) is 4.33 Å². The molecular formula is C38H50N3O13S4+. The normalized spacial score (nSPS) is 17.5. The van der Waals surface area contributed by atoms with E-state index in [-0.39, 0.29) is 23.5 Å². The summed E-state index contributed by atoms with van der Waals surface area (Å²) in [5.41, 5.74) is 3.84. The van der Waals surface area contributed by atoms with Gasteiger partial charge < -0.3 is 10.0 Å². The van der Waals surface area contributed by atoms with Gasteiger partial charge in [-0.3, -0.25) is 13.9 Å². The Balaban J connectivity index is 1.61. The first-order chi connectivity index (χ1) is 27.0. The first kappa shape index (κ1) is 47.0. The maximum Gasteiger partial charge on any atom is 0.318 e. The third-order valence-corrected chi connectivity index (χ3v) is 14.0. The molecule has 0 saturated carbocycles. The molecule has 0 bridgehead atoms. The Hall–Kier alpha value is -3.70. The van der Waals surface area contributed by atoms with Crippen LogP contribution in [0.5, 0.6) is 0 Å². The van der Waals surface area contributed by atoms with Crippen LogP contribution in [0.4, 0.5) is 11.4 Å². The Morgan fingerprint density at radius 3 is 2.12 bits per heavy atom. The molecule has 0 aromatic heterocycles. The van der Waals surface area contributed by atoms with Gasteiger partial charge in [0.15, 0.2) is 5.71 Å². The van der Waals surface area contributed by atoms with Crippen LogP contribution in [0, 0.1) is 0 Å². The third kappa shape index (κ3) is 11.7. The van der Waals surface area contributed by atoms with E-state index in [0.717, 1.165) is 44.7 Å². The highest BCUT2D eigenvalue weighted by Crippen LogP contribution is 2.49.